The summed E-state index contributed by atoms with van der Waals surface area (Å²) in [6, 6.07) is 11.3. The number of Topliss-reactive ketones (excluding diaryl/α,β-unsaturated/α-hetero) is 1. The van der Waals surface area contributed by atoms with Crippen molar-refractivity contribution in [1.29, 1.82) is 0 Å². The van der Waals surface area contributed by atoms with Crippen LogP contribution in [-0.4, -0.2) is 52.0 Å². The van der Waals surface area contributed by atoms with Gasteiger partial charge in [0, 0.05) is 29.3 Å². The SMILES string of the molecule is CCCOC(=O)C1C(C)=NC2=C(C(=O)C[C@H](c3ccc(OC)c(OC)c3)C2)[C@@H]1c1ccc(OCC)c(OC)c1. The van der Waals surface area contributed by atoms with Crippen molar-refractivity contribution < 1.29 is 33.3 Å². The fourth-order valence-corrected chi connectivity index (χ4v) is 5.51. The topological polar surface area (TPSA) is 92.7 Å². The Bertz CT molecular complexity index is 1300. The second kappa shape index (κ2) is 12.4. The van der Waals surface area contributed by atoms with Crippen molar-refractivity contribution in [3.8, 4) is 23.0 Å². The molecule has 1 heterocycles. The molecule has 0 saturated heterocycles. The van der Waals surface area contributed by atoms with Gasteiger partial charge in [0.05, 0.1) is 34.5 Å². The summed E-state index contributed by atoms with van der Waals surface area (Å²) in [6.07, 6.45) is 1.57. The van der Waals surface area contributed by atoms with Gasteiger partial charge in [-0.3, -0.25) is 14.6 Å². The molecule has 8 heteroatoms. The predicted octanol–water partition coefficient (Wildman–Crippen LogP) is 5.64. The Balaban J connectivity index is 1.79. The van der Waals surface area contributed by atoms with Crippen LogP contribution in [0.15, 0.2) is 52.7 Å². The number of carbonyl (C=O) groups excluding carboxylic acids is 2. The Morgan fingerprint density at radius 3 is 2.21 bits per heavy atom. The highest BCUT2D eigenvalue weighted by atomic mass is 16.5. The zero-order valence-electron chi connectivity index (χ0n) is 23.5. The molecule has 0 fully saturated rings. The molecule has 0 bridgehead atoms. The van der Waals surface area contributed by atoms with Gasteiger partial charge >= 0.3 is 5.97 Å². The number of benzene rings is 2. The van der Waals surface area contributed by atoms with Crippen LogP contribution in [0.2, 0.25) is 0 Å². The number of carbonyl (C=O) groups is 2. The molecule has 0 spiro atoms. The third-order valence-electron chi connectivity index (χ3n) is 7.32. The van der Waals surface area contributed by atoms with Crippen LogP contribution in [0.3, 0.4) is 0 Å². The Labute approximate surface area is 230 Å². The molecule has 2 aliphatic rings. The van der Waals surface area contributed by atoms with Gasteiger partial charge in [0.15, 0.2) is 28.8 Å². The first-order valence-electron chi connectivity index (χ1n) is 13.4. The number of rotatable bonds is 10. The minimum Gasteiger partial charge on any atom is -0.493 e. The van der Waals surface area contributed by atoms with E-state index < -0.39 is 11.8 Å². The molecule has 2 aromatic carbocycles. The molecule has 1 aliphatic carbocycles. The Hall–Kier alpha value is -3.81. The van der Waals surface area contributed by atoms with E-state index >= 15 is 0 Å². The second-order valence-electron chi connectivity index (χ2n) is 9.72. The summed E-state index contributed by atoms with van der Waals surface area (Å²) in [6.45, 7) is 6.49. The minimum atomic E-state index is -0.709. The zero-order chi connectivity index (χ0) is 28.1. The Kier molecular flexibility index (Phi) is 8.94. The summed E-state index contributed by atoms with van der Waals surface area (Å²) in [5.74, 6) is 0.667. The number of hydrogen-bond donors (Lipinski definition) is 0. The maximum Gasteiger partial charge on any atom is 0.315 e. The van der Waals surface area contributed by atoms with E-state index in [2.05, 4.69) is 0 Å². The number of ether oxygens (including phenoxy) is 5. The van der Waals surface area contributed by atoms with Crippen molar-refractivity contribution in [3.63, 3.8) is 0 Å². The van der Waals surface area contributed by atoms with Gasteiger partial charge < -0.3 is 23.7 Å². The summed E-state index contributed by atoms with van der Waals surface area (Å²) in [7, 11) is 4.76. The number of allylic oxidation sites excluding steroid dienone is 2. The molecule has 39 heavy (non-hydrogen) atoms. The molecule has 1 aliphatic heterocycles. The molecule has 0 N–H and O–H groups in total. The lowest BCUT2D eigenvalue weighted by atomic mass is 9.69. The highest BCUT2D eigenvalue weighted by Gasteiger charge is 2.45. The second-order valence-corrected chi connectivity index (χ2v) is 9.72. The molecule has 2 aromatic rings. The monoisotopic (exact) mass is 535 g/mol. The predicted molar refractivity (Wildman–Crippen MR) is 148 cm³/mol. The molecule has 8 nitrogen and oxygen atoms in total. The molecule has 0 saturated carbocycles. The smallest absolute Gasteiger partial charge is 0.315 e. The molecule has 0 radical (unpaired) electrons. The molecule has 4 rings (SSSR count). The van der Waals surface area contributed by atoms with E-state index in [1.54, 1.807) is 21.3 Å². The van der Waals surface area contributed by atoms with Gasteiger partial charge in [0.1, 0.15) is 5.92 Å². The summed E-state index contributed by atoms with van der Waals surface area (Å²) in [5.41, 5.74) is 3.67. The average molecular weight is 536 g/mol. The van der Waals surface area contributed by atoms with Crippen LogP contribution < -0.4 is 18.9 Å². The number of ketones is 1. The number of methoxy groups -OCH3 is 3. The lowest BCUT2D eigenvalue weighted by Gasteiger charge is -2.36. The molecule has 1 unspecified atom stereocenters. The van der Waals surface area contributed by atoms with Gasteiger partial charge in [0.2, 0.25) is 0 Å². The molecule has 0 amide bonds. The third-order valence-corrected chi connectivity index (χ3v) is 7.32. The van der Waals surface area contributed by atoms with Gasteiger partial charge in [-0.15, -0.1) is 0 Å². The maximum absolute atomic E-state index is 13.9. The van der Waals surface area contributed by atoms with Gasteiger partial charge in [-0.25, -0.2) is 0 Å². The standard InChI is InChI=1S/C31H37NO7/c1-7-13-39-31(34)28-18(3)32-22-14-21(19-9-11-24(35-4)26(16-19)36-5)15-23(33)30(22)29(28)20-10-12-25(38-8-2)27(17-20)37-6/h9-12,16-17,21,28-29H,7-8,13-15H2,1-6H3/t21-,28?,29-/m1/s1. The highest BCUT2D eigenvalue weighted by Crippen LogP contribution is 2.48. The number of nitrogens with zero attached hydrogens (tertiary/aromatic N) is 1. The summed E-state index contributed by atoms with van der Waals surface area (Å²) >= 11 is 0. The third kappa shape index (κ3) is 5.65. The lowest BCUT2D eigenvalue weighted by molar-refractivity contribution is -0.146. The highest BCUT2D eigenvalue weighted by molar-refractivity contribution is 6.09. The molecular weight excluding hydrogens is 498 g/mol. The Morgan fingerprint density at radius 2 is 1.54 bits per heavy atom. The van der Waals surface area contributed by atoms with E-state index in [-0.39, 0.29) is 17.7 Å². The van der Waals surface area contributed by atoms with E-state index in [1.807, 2.05) is 57.2 Å². The largest absolute Gasteiger partial charge is 0.493 e. The van der Waals surface area contributed by atoms with Gasteiger partial charge in [0.25, 0.3) is 0 Å². The molecule has 208 valence electrons. The molecular formula is C31H37NO7. The van der Waals surface area contributed by atoms with Crippen LogP contribution >= 0.6 is 0 Å². The normalized spacial score (nSPS) is 20.6. The lowest BCUT2D eigenvalue weighted by Crippen LogP contribution is -2.38. The Morgan fingerprint density at radius 1 is 0.897 bits per heavy atom. The first kappa shape index (κ1) is 28.2. The first-order valence-corrected chi connectivity index (χ1v) is 13.4. The van der Waals surface area contributed by atoms with Gasteiger partial charge in [-0.05, 0) is 68.0 Å². The molecule has 0 aromatic heterocycles. The van der Waals surface area contributed by atoms with E-state index in [0.29, 0.717) is 72.5 Å². The zero-order valence-corrected chi connectivity index (χ0v) is 23.5. The fraction of sp³-hybridized carbons (Fsp3) is 0.452. The summed E-state index contributed by atoms with van der Waals surface area (Å²) in [5, 5.41) is 0. The number of aliphatic imine (C=N–C) groups is 1. The van der Waals surface area contributed by atoms with Crippen molar-refractivity contribution in [1.82, 2.24) is 0 Å². The average Bonchev–Trinajstić information content (AvgIpc) is 2.94. The maximum atomic E-state index is 13.9. The number of esters is 1. The van der Waals surface area contributed by atoms with Crippen LogP contribution in [0.1, 0.15) is 63.0 Å². The minimum absolute atomic E-state index is 0.0292. The number of hydrogen-bond acceptors (Lipinski definition) is 8. The van der Waals surface area contributed by atoms with Gasteiger partial charge in [-0.2, -0.15) is 0 Å². The van der Waals surface area contributed by atoms with Crippen molar-refractivity contribution in [2.75, 3.05) is 34.5 Å². The van der Waals surface area contributed by atoms with Crippen molar-refractivity contribution in [2.24, 2.45) is 10.9 Å². The van der Waals surface area contributed by atoms with E-state index in [1.165, 1.54) is 0 Å². The van der Waals surface area contributed by atoms with Crippen LogP contribution in [0, 0.1) is 5.92 Å². The van der Waals surface area contributed by atoms with Crippen LogP contribution in [0.4, 0.5) is 0 Å². The van der Waals surface area contributed by atoms with E-state index in [0.717, 1.165) is 11.1 Å². The summed E-state index contributed by atoms with van der Waals surface area (Å²) < 4.78 is 27.8. The van der Waals surface area contributed by atoms with Crippen molar-refractivity contribution in [2.45, 2.75) is 51.9 Å². The fourth-order valence-electron chi connectivity index (χ4n) is 5.51. The van der Waals surface area contributed by atoms with E-state index in [4.69, 9.17) is 28.7 Å². The first-order chi connectivity index (χ1) is 18.9. The van der Waals surface area contributed by atoms with Crippen molar-refractivity contribution >= 4 is 17.5 Å². The van der Waals surface area contributed by atoms with Crippen molar-refractivity contribution in [3.05, 3.63) is 58.8 Å². The summed E-state index contributed by atoms with van der Waals surface area (Å²) in [4.78, 5) is 32.1. The van der Waals surface area contributed by atoms with E-state index in [9.17, 15) is 9.59 Å². The molecule has 3 atom stereocenters. The van der Waals surface area contributed by atoms with Crippen LogP contribution in [-0.2, 0) is 14.3 Å². The van der Waals surface area contributed by atoms with Gasteiger partial charge in [-0.1, -0.05) is 19.1 Å². The van der Waals surface area contributed by atoms with Crippen LogP contribution in [0.25, 0.3) is 0 Å². The van der Waals surface area contributed by atoms with Crippen LogP contribution in [0.5, 0.6) is 23.0 Å². The quantitative estimate of drug-likeness (QED) is 0.364.